The zero-order chi connectivity index (χ0) is 8.32. The lowest BCUT2D eigenvalue weighted by Crippen LogP contribution is -2.35. The first-order valence-corrected chi connectivity index (χ1v) is 4.40. The average Bonchev–Trinajstić information content (AvgIpc) is 2.38. The van der Waals surface area contributed by atoms with Crippen molar-refractivity contribution in [3.63, 3.8) is 0 Å². The van der Waals surface area contributed by atoms with E-state index in [0.29, 0.717) is 6.61 Å². The van der Waals surface area contributed by atoms with Gasteiger partial charge in [0.25, 0.3) is 0 Å². The summed E-state index contributed by atoms with van der Waals surface area (Å²) in [5.41, 5.74) is -0.421. The van der Waals surface area contributed by atoms with Crippen molar-refractivity contribution in [3.8, 4) is 0 Å². The van der Waals surface area contributed by atoms with Gasteiger partial charge in [-0.1, -0.05) is 19.8 Å². The summed E-state index contributed by atoms with van der Waals surface area (Å²) in [6, 6.07) is 0. The Morgan fingerprint density at radius 2 is 2.00 bits per heavy atom. The molecule has 0 aromatic rings. The summed E-state index contributed by atoms with van der Waals surface area (Å²) in [6.07, 6.45) is 4.25. The van der Waals surface area contributed by atoms with Gasteiger partial charge < -0.3 is 9.84 Å². The van der Waals surface area contributed by atoms with Crippen LogP contribution in [0.3, 0.4) is 0 Å². The molecule has 0 saturated heterocycles. The molecular weight excluding hydrogens is 140 g/mol. The van der Waals surface area contributed by atoms with Gasteiger partial charge in [0.05, 0.1) is 12.2 Å². The molecule has 1 saturated carbocycles. The van der Waals surface area contributed by atoms with Crippen LogP contribution in [0.15, 0.2) is 0 Å². The predicted molar refractivity (Wildman–Crippen MR) is 44.5 cm³/mol. The van der Waals surface area contributed by atoms with Crippen LogP contribution >= 0.6 is 0 Å². The van der Waals surface area contributed by atoms with E-state index in [1.165, 1.54) is 12.8 Å². The van der Waals surface area contributed by atoms with E-state index in [9.17, 15) is 5.11 Å². The van der Waals surface area contributed by atoms with Gasteiger partial charge in [0.15, 0.2) is 0 Å². The highest BCUT2D eigenvalue weighted by molar-refractivity contribution is 4.88. The summed E-state index contributed by atoms with van der Waals surface area (Å²) >= 11 is 0. The Morgan fingerprint density at radius 3 is 2.45 bits per heavy atom. The highest BCUT2D eigenvalue weighted by Gasteiger charge is 2.36. The topological polar surface area (TPSA) is 29.5 Å². The zero-order valence-corrected chi connectivity index (χ0v) is 7.47. The monoisotopic (exact) mass is 158 g/mol. The van der Waals surface area contributed by atoms with E-state index in [1.54, 1.807) is 7.11 Å². The molecule has 0 spiro atoms. The molecule has 11 heavy (non-hydrogen) atoms. The van der Waals surface area contributed by atoms with Gasteiger partial charge in [0.2, 0.25) is 0 Å². The Hall–Kier alpha value is -0.0800. The summed E-state index contributed by atoms with van der Waals surface area (Å²) in [6.45, 7) is 2.74. The maximum Gasteiger partial charge on any atom is 0.0695 e. The lowest BCUT2D eigenvalue weighted by molar-refractivity contribution is -0.0342. The largest absolute Gasteiger partial charge is 0.390 e. The lowest BCUT2D eigenvalue weighted by atomic mass is 9.88. The van der Waals surface area contributed by atoms with Crippen molar-refractivity contribution in [2.75, 3.05) is 13.7 Å². The van der Waals surface area contributed by atoms with Gasteiger partial charge in [-0.2, -0.15) is 0 Å². The minimum atomic E-state index is -0.421. The molecule has 2 nitrogen and oxygen atoms in total. The number of aliphatic hydroxyl groups is 1. The van der Waals surface area contributed by atoms with Crippen LogP contribution < -0.4 is 0 Å². The molecule has 1 rings (SSSR count). The molecule has 2 heteroatoms. The number of hydrogen-bond donors (Lipinski definition) is 1. The van der Waals surface area contributed by atoms with Crippen LogP contribution in [0, 0.1) is 5.92 Å². The molecule has 0 bridgehead atoms. The molecule has 0 heterocycles. The van der Waals surface area contributed by atoms with Gasteiger partial charge in [-0.05, 0) is 12.8 Å². The SMILES string of the molecule is COCC(C)C1(O)CCCC1. The van der Waals surface area contributed by atoms with Crippen LogP contribution in [-0.4, -0.2) is 24.4 Å². The molecule has 1 N–H and O–H groups in total. The van der Waals surface area contributed by atoms with Crippen molar-refractivity contribution < 1.29 is 9.84 Å². The fourth-order valence-electron chi connectivity index (χ4n) is 1.89. The van der Waals surface area contributed by atoms with Crippen molar-refractivity contribution in [2.45, 2.75) is 38.2 Å². The van der Waals surface area contributed by atoms with Crippen LogP contribution in [0.1, 0.15) is 32.6 Å². The first-order chi connectivity index (χ1) is 5.19. The average molecular weight is 158 g/mol. The van der Waals surface area contributed by atoms with Gasteiger partial charge in [-0.3, -0.25) is 0 Å². The fraction of sp³-hybridized carbons (Fsp3) is 1.00. The third-order valence-corrected chi connectivity index (χ3v) is 2.80. The quantitative estimate of drug-likeness (QED) is 0.675. The second-order valence-electron chi connectivity index (χ2n) is 3.67. The Kier molecular flexibility index (Phi) is 2.90. The first kappa shape index (κ1) is 9.01. The van der Waals surface area contributed by atoms with Crippen LogP contribution in [0.2, 0.25) is 0 Å². The molecule has 1 aliphatic rings. The van der Waals surface area contributed by atoms with E-state index in [1.807, 2.05) is 0 Å². The minimum absolute atomic E-state index is 0.287. The highest BCUT2D eigenvalue weighted by atomic mass is 16.5. The van der Waals surface area contributed by atoms with E-state index < -0.39 is 5.60 Å². The van der Waals surface area contributed by atoms with Crippen LogP contribution in [0.5, 0.6) is 0 Å². The molecule has 1 fully saturated rings. The van der Waals surface area contributed by atoms with E-state index in [4.69, 9.17) is 4.74 Å². The van der Waals surface area contributed by atoms with E-state index in [-0.39, 0.29) is 5.92 Å². The van der Waals surface area contributed by atoms with Crippen molar-refractivity contribution >= 4 is 0 Å². The van der Waals surface area contributed by atoms with Gasteiger partial charge in [-0.25, -0.2) is 0 Å². The maximum atomic E-state index is 10.0. The summed E-state index contributed by atoms with van der Waals surface area (Å²) in [7, 11) is 1.69. The second kappa shape index (κ2) is 3.55. The van der Waals surface area contributed by atoms with E-state index in [2.05, 4.69) is 6.92 Å². The van der Waals surface area contributed by atoms with Gasteiger partial charge >= 0.3 is 0 Å². The smallest absolute Gasteiger partial charge is 0.0695 e. The molecular formula is C9H18O2. The first-order valence-electron chi connectivity index (χ1n) is 4.40. The molecule has 1 atom stereocenters. The highest BCUT2D eigenvalue weighted by Crippen LogP contribution is 2.35. The number of hydrogen-bond acceptors (Lipinski definition) is 2. The summed E-state index contributed by atoms with van der Waals surface area (Å²) in [5, 5.41) is 10.0. The maximum absolute atomic E-state index is 10.0. The van der Waals surface area contributed by atoms with E-state index in [0.717, 1.165) is 12.8 Å². The van der Waals surface area contributed by atoms with Gasteiger partial charge in [-0.15, -0.1) is 0 Å². The molecule has 0 amide bonds. The van der Waals surface area contributed by atoms with E-state index >= 15 is 0 Å². The van der Waals surface area contributed by atoms with Crippen molar-refractivity contribution in [1.29, 1.82) is 0 Å². The summed E-state index contributed by atoms with van der Waals surface area (Å²) in [5.74, 6) is 0.287. The Labute approximate surface area is 68.6 Å². The number of rotatable bonds is 3. The standard InChI is InChI=1S/C9H18O2/c1-8(7-11-2)9(10)5-3-4-6-9/h8,10H,3-7H2,1-2H3. The third-order valence-electron chi connectivity index (χ3n) is 2.80. The molecule has 1 unspecified atom stereocenters. The Balaban J connectivity index is 2.42. The second-order valence-corrected chi connectivity index (χ2v) is 3.67. The third kappa shape index (κ3) is 1.94. The van der Waals surface area contributed by atoms with Crippen LogP contribution in [0.25, 0.3) is 0 Å². The van der Waals surface area contributed by atoms with Crippen molar-refractivity contribution in [3.05, 3.63) is 0 Å². The van der Waals surface area contributed by atoms with Gasteiger partial charge in [0, 0.05) is 13.0 Å². The summed E-state index contributed by atoms with van der Waals surface area (Å²) < 4.78 is 5.02. The zero-order valence-electron chi connectivity index (χ0n) is 7.47. The normalized spacial score (nSPS) is 25.4. The molecule has 66 valence electrons. The molecule has 0 aromatic carbocycles. The molecule has 0 aromatic heterocycles. The fourth-order valence-corrected chi connectivity index (χ4v) is 1.89. The Morgan fingerprint density at radius 1 is 1.45 bits per heavy atom. The van der Waals surface area contributed by atoms with Crippen LogP contribution in [0.4, 0.5) is 0 Å². The molecule has 1 aliphatic carbocycles. The summed E-state index contributed by atoms with van der Waals surface area (Å²) in [4.78, 5) is 0. The van der Waals surface area contributed by atoms with Crippen molar-refractivity contribution in [1.82, 2.24) is 0 Å². The number of methoxy groups -OCH3 is 1. The minimum Gasteiger partial charge on any atom is -0.390 e. The lowest BCUT2D eigenvalue weighted by Gasteiger charge is -2.28. The number of ether oxygens (including phenoxy) is 1. The Bertz CT molecular complexity index is 117. The van der Waals surface area contributed by atoms with Crippen molar-refractivity contribution in [2.24, 2.45) is 5.92 Å². The molecule has 0 aliphatic heterocycles. The van der Waals surface area contributed by atoms with Gasteiger partial charge in [0.1, 0.15) is 0 Å². The predicted octanol–water partition coefficient (Wildman–Crippen LogP) is 1.57. The van der Waals surface area contributed by atoms with Crippen LogP contribution in [-0.2, 0) is 4.74 Å². The molecule has 0 radical (unpaired) electrons.